The molecular formula is C5H8O2S. The highest BCUT2D eigenvalue weighted by Gasteiger charge is 2.08. The first-order chi connectivity index (χ1) is 3.72. The summed E-state index contributed by atoms with van der Waals surface area (Å²) in [6, 6.07) is 0. The number of Topliss-reactive ketones (excluding diaryl/α,β-unsaturated/α-hetero) is 1. The Bertz CT molecular complexity index is 101. The fourth-order valence-electron chi connectivity index (χ4n) is 0.317. The van der Waals surface area contributed by atoms with Crippen LogP contribution < -0.4 is 0 Å². The second-order valence-electron chi connectivity index (χ2n) is 1.40. The second kappa shape index (κ2) is 3.66. The van der Waals surface area contributed by atoms with E-state index < -0.39 is 5.25 Å². The first-order valence-corrected chi connectivity index (χ1v) is 3.49. The van der Waals surface area contributed by atoms with Gasteiger partial charge in [0.15, 0.2) is 0 Å². The molecule has 8 heavy (non-hydrogen) atoms. The third kappa shape index (κ3) is 2.12. The van der Waals surface area contributed by atoms with E-state index >= 15 is 0 Å². The summed E-state index contributed by atoms with van der Waals surface area (Å²) < 4.78 is 0. The molecule has 0 aliphatic carbocycles. The Morgan fingerprint density at radius 2 is 2.25 bits per heavy atom. The summed E-state index contributed by atoms with van der Waals surface area (Å²) in [6.45, 7) is 1.41. The molecule has 0 saturated carbocycles. The molecule has 0 fully saturated rings. The first kappa shape index (κ1) is 7.69. The van der Waals surface area contributed by atoms with Gasteiger partial charge < -0.3 is 4.79 Å². The van der Waals surface area contributed by atoms with Gasteiger partial charge in [-0.2, -0.15) is 0 Å². The summed E-state index contributed by atoms with van der Waals surface area (Å²) in [6.07, 6.45) is 2.40. The Balaban J connectivity index is 3.69. The van der Waals surface area contributed by atoms with Crippen molar-refractivity contribution in [3.05, 3.63) is 0 Å². The number of hydrogen-bond donors (Lipinski definition) is 0. The number of hydrogen-bond acceptors (Lipinski definition) is 3. The number of carbonyl (C=O) groups is 2. The van der Waals surface area contributed by atoms with Crippen molar-refractivity contribution in [3.63, 3.8) is 0 Å². The molecule has 0 heterocycles. The third-order valence-electron chi connectivity index (χ3n) is 0.778. The van der Waals surface area contributed by atoms with Crippen molar-refractivity contribution in [2.24, 2.45) is 0 Å². The number of thioether (sulfide) groups is 1. The summed E-state index contributed by atoms with van der Waals surface area (Å²) in [7, 11) is 0. The van der Waals surface area contributed by atoms with Gasteiger partial charge in [-0.25, -0.2) is 0 Å². The SMILES string of the molecule is CSC(C=O)C(C)=O. The average Bonchev–Trinajstić information content (AvgIpc) is 1.69. The van der Waals surface area contributed by atoms with E-state index in [0.717, 1.165) is 0 Å². The van der Waals surface area contributed by atoms with Gasteiger partial charge in [0.05, 0.1) is 0 Å². The van der Waals surface area contributed by atoms with Crippen molar-refractivity contribution >= 4 is 23.8 Å². The molecule has 0 bridgehead atoms. The van der Waals surface area contributed by atoms with E-state index in [1.54, 1.807) is 6.26 Å². The summed E-state index contributed by atoms with van der Waals surface area (Å²) >= 11 is 1.26. The van der Waals surface area contributed by atoms with Crippen LogP contribution in [0.1, 0.15) is 6.92 Å². The summed E-state index contributed by atoms with van der Waals surface area (Å²) in [5.41, 5.74) is 0. The minimum Gasteiger partial charge on any atom is -0.302 e. The van der Waals surface area contributed by atoms with Crippen LogP contribution in [0.3, 0.4) is 0 Å². The molecule has 0 aliphatic rings. The molecule has 0 aromatic heterocycles. The third-order valence-corrected chi connectivity index (χ3v) is 1.73. The van der Waals surface area contributed by atoms with Gasteiger partial charge >= 0.3 is 0 Å². The van der Waals surface area contributed by atoms with Gasteiger partial charge in [-0.05, 0) is 13.2 Å². The maximum absolute atomic E-state index is 10.4. The van der Waals surface area contributed by atoms with Crippen LogP contribution in [-0.2, 0) is 9.59 Å². The lowest BCUT2D eigenvalue weighted by molar-refractivity contribution is -0.119. The molecule has 0 radical (unpaired) electrons. The molecular weight excluding hydrogens is 124 g/mol. The van der Waals surface area contributed by atoms with E-state index in [1.807, 2.05) is 0 Å². The van der Waals surface area contributed by atoms with Crippen LogP contribution in [0.15, 0.2) is 0 Å². The predicted octanol–water partition coefficient (Wildman–Crippen LogP) is 0.506. The molecule has 0 N–H and O–H groups in total. The quantitative estimate of drug-likeness (QED) is 0.414. The zero-order valence-electron chi connectivity index (χ0n) is 4.88. The molecule has 3 heteroatoms. The fourth-order valence-corrected chi connectivity index (χ4v) is 0.760. The summed E-state index contributed by atoms with van der Waals surface area (Å²) in [5.74, 6) is -0.0764. The first-order valence-electron chi connectivity index (χ1n) is 2.21. The topological polar surface area (TPSA) is 34.1 Å². The van der Waals surface area contributed by atoms with Crippen LogP contribution in [0.5, 0.6) is 0 Å². The highest BCUT2D eigenvalue weighted by molar-refractivity contribution is 8.00. The van der Waals surface area contributed by atoms with Crippen molar-refractivity contribution in [2.75, 3.05) is 6.26 Å². The van der Waals surface area contributed by atoms with E-state index in [0.29, 0.717) is 6.29 Å². The molecule has 0 saturated heterocycles. The molecule has 0 aliphatic heterocycles. The molecule has 1 unspecified atom stereocenters. The lowest BCUT2D eigenvalue weighted by atomic mass is 10.3. The Labute approximate surface area is 52.6 Å². The highest BCUT2D eigenvalue weighted by Crippen LogP contribution is 2.02. The lowest BCUT2D eigenvalue weighted by Crippen LogP contribution is -2.13. The van der Waals surface area contributed by atoms with Gasteiger partial charge in [0.2, 0.25) is 0 Å². The number of aldehydes is 1. The lowest BCUT2D eigenvalue weighted by Gasteiger charge is -1.97. The van der Waals surface area contributed by atoms with Crippen molar-refractivity contribution in [1.29, 1.82) is 0 Å². The van der Waals surface area contributed by atoms with Crippen molar-refractivity contribution in [3.8, 4) is 0 Å². The van der Waals surface area contributed by atoms with Gasteiger partial charge in [-0.1, -0.05) is 0 Å². The molecule has 0 amide bonds. The standard InChI is InChI=1S/C5H8O2S/c1-4(7)5(3-6)8-2/h3,5H,1-2H3. The normalized spacial score (nSPS) is 12.8. The molecule has 0 spiro atoms. The smallest absolute Gasteiger partial charge is 0.149 e. The Morgan fingerprint density at radius 1 is 1.75 bits per heavy atom. The van der Waals surface area contributed by atoms with Crippen molar-refractivity contribution in [2.45, 2.75) is 12.2 Å². The number of carbonyl (C=O) groups excluding carboxylic acids is 2. The second-order valence-corrected chi connectivity index (χ2v) is 2.38. The monoisotopic (exact) mass is 132 g/mol. The highest BCUT2D eigenvalue weighted by atomic mass is 32.2. The van der Waals surface area contributed by atoms with Crippen LogP contribution in [0, 0.1) is 0 Å². The zero-order chi connectivity index (χ0) is 6.57. The van der Waals surface area contributed by atoms with Crippen LogP contribution in [-0.4, -0.2) is 23.6 Å². The summed E-state index contributed by atoms with van der Waals surface area (Å²) in [5, 5.41) is -0.449. The Morgan fingerprint density at radius 3 is 2.25 bits per heavy atom. The maximum atomic E-state index is 10.4. The molecule has 0 rings (SSSR count). The number of rotatable bonds is 3. The summed E-state index contributed by atoms with van der Waals surface area (Å²) in [4.78, 5) is 20.3. The zero-order valence-corrected chi connectivity index (χ0v) is 5.70. The van der Waals surface area contributed by atoms with Crippen LogP contribution in [0.25, 0.3) is 0 Å². The number of ketones is 1. The predicted molar refractivity (Wildman–Crippen MR) is 34.0 cm³/mol. The van der Waals surface area contributed by atoms with Crippen LogP contribution >= 0.6 is 11.8 Å². The van der Waals surface area contributed by atoms with Gasteiger partial charge in [0.25, 0.3) is 0 Å². The van der Waals surface area contributed by atoms with E-state index in [4.69, 9.17) is 0 Å². The Hall–Kier alpha value is -0.310. The van der Waals surface area contributed by atoms with Crippen LogP contribution in [0.4, 0.5) is 0 Å². The average molecular weight is 132 g/mol. The molecule has 1 atom stereocenters. The van der Waals surface area contributed by atoms with Crippen LogP contribution in [0.2, 0.25) is 0 Å². The van der Waals surface area contributed by atoms with Gasteiger partial charge in [0, 0.05) is 0 Å². The largest absolute Gasteiger partial charge is 0.302 e. The van der Waals surface area contributed by atoms with Gasteiger partial charge in [-0.3, -0.25) is 4.79 Å². The fraction of sp³-hybridized carbons (Fsp3) is 0.600. The van der Waals surface area contributed by atoms with E-state index in [-0.39, 0.29) is 5.78 Å². The molecule has 46 valence electrons. The minimum atomic E-state index is -0.449. The molecule has 0 aromatic carbocycles. The van der Waals surface area contributed by atoms with E-state index in [2.05, 4.69) is 0 Å². The Kier molecular flexibility index (Phi) is 3.52. The van der Waals surface area contributed by atoms with Gasteiger partial charge in [-0.15, -0.1) is 11.8 Å². The molecule has 0 aromatic rings. The van der Waals surface area contributed by atoms with Crippen molar-refractivity contribution in [1.82, 2.24) is 0 Å². The maximum Gasteiger partial charge on any atom is 0.149 e. The minimum absolute atomic E-state index is 0.0764. The van der Waals surface area contributed by atoms with E-state index in [9.17, 15) is 9.59 Å². The van der Waals surface area contributed by atoms with Crippen molar-refractivity contribution < 1.29 is 9.59 Å². The van der Waals surface area contributed by atoms with Gasteiger partial charge in [0.1, 0.15) is 17.3 Å². The van der Waals surface area contributed by atoms with E-state index in [1.165, 1.54) is 18.7 Å². The molecule has 2 nitrogen and oxygen atoms in total.